The molecule has 8 nitrogen and oxygen atoms in total. The molecule has 0 saturated carbocycles. The Hall–Kier alpha value is -3.98. The maximum Gasteiger partial charge on any atom is 0.350 e. The van der Waals surface area contributed by atoms with Gasteiger partial charge in [-0.25, -0.2) is 9.78 Å². The predicted molar refractivity (Wildman–Crippen MR) is 141 cm³/mol. The van der Waals surface area contributed by atoms with Crippen LogP contribution in [0, 0.1) is 6.92 Å². The van der Waals surface area contributed by atoms with Crippen molar-refractivity contribution in [1.82, 2.24) is 4.98 Å². The van der Waals surface area contributed by atoms with Gasteiger partial charge < -0.3 is 14.6 Å². The molecule has 1 atom stereocenters. The number of esters is 1. The number of aromatic nitrogens is 1. The number of amides is 1. The molecule has 1 N–H and O–H groups in total. The first kappa shape index (κ1) is 26.1. The number of ether oxygens (including phenoxy) is 2. The maximum atomic E-state index is 13.4. The molecular formula is C28H28N2O6S. The van der Waals surface area contributed by atoms with E-state index in [9.17, 15) is 19.5 Å². The molecule has 1 fully saturated rings. The molecule has 2 heterocycles. The second-order valence-electron chi connectivity index (χ2n) is 8.54. The van der Waals surface area contributed by atoms with Crippen LogP contribution in [0.5, 0.6) is 5.75 Å². The molecule has 0 aliphatic carbocycles. The van der Waals surface area contributed by atoms with Crippen molar-refractivity contribution in [3.8, 4) is 5.75 Å². The van der Waals surface area contributed by atoms with Gasteiger partial charge in [0, 0.05) is 5.56 Å². The number of methoxy groups -OCH3 is 1. The lowest BCUT2D eigenvalue weighted by atomic mass is 9.94. The number of hydrogen-bond donors (Lipinski definition) is 1. The molecule has 4 rings (SSSR count). The number of rotatable bonds is 8. The lowest BCUT2D eigenvalue weighted by molar-refractivity contribution is -0.132. The monoisotopic (exact) mass is 520 g/mol. The average molecular weight is 521 g/mol. The largest absolute Gasteiger partial charge is 0.507 e. The molecule has 9 heteroatoms. The van der Waals surface area contributed by atoms with Gasteiger partial charge >= 0.3 is 11.9 Å². The van der Waals surface area contributed by atoms with E-state index in [1.165, 1.54) is 12.0 Å². The van der Waals surface area contributed by atoms with E-state index < -0.39 is 23.7 Å². The van der Waals surface area contributed by atoms with Crippen molar-refractivity contribution in [3.63, 3.8) is 0 Å². The lowest BCUT2D eigenvalue weighted by Gasteiger charge is -2.23. The molecule has 1 aromatic heterocycles. The zero-order valence-electron chi connectivity index (χ0n) is 21.1. The molecule has 0 spiro atoms. The Morgan fingerprint density at radius 2 is 1.86 bits per heavy atom. The zero-order chi connectivity index (χ0) is 26.7. The van der Waals surface area contributed by atoms with Gasteiger partial charge in [0.15, 0.2) is 5.13 Å². The third-order valence-corrected chi connectivity index (χ3v) is 7.23. The van der Waals surface area contributed by atoms with E-state index in [0.717, 1.165) is 29.7 Å². The Balaban J connectivity index is 1.89. The molecule has 0 bridgehead atoms. The number of carbonyl (C=O) groups is 3. The molecule has 1 saturated heterocycles. The van der Waals surface area contributed by atoms with Crippen molar-refractivity contribution < 1.29 is 29.0 Å². The van der Waals surface area contributed by atoms with Crippen molar-refractivity contribution in [3.05, 3.63) is 81.4 Å². The summed E-state index contributed by atoms with van der Waals surface area (Å²) >= 11 is 0.965. The van der Waals surface area contributed by atoms with E-state index in [1.807, 2.05) is 38.1 Å². The fraction of sp³-hybridized carbons (Fsp3) is 0.286. The third kappa shape index (κ3) is 4.99. The summed E-state index contributed by atoms with van der Waals surface area (Å²) in [7, 11) is 1.26. The number of carbonyl (C=O) groups excluding carboxylic acids is 3. The number of aliphatic hydroxyl groups is 1. The minimum absolute atomic E-state index is 0.0608. The summed E-state index contributed by atoms with van der Waals surface area (Å²) in [6.07, 6.45) is 1.63. The van der Waals surface area contributed by atoms with E-state index >= 15 is 0 Å². The molecule has 192 valence electrons. The normalized spacial score (nSPS) is 16.8. The number of nitrogens with zero attached hydrogens (tertiary/aromatic N) is 2. The highest BCUT2D eigenvalue weighted by Crippen LogP contribution is 2.44. The fourth-order valence-electron chi connectivity index (χ4n) is 4.16. The smallest absolute Gasteiger partial charge is 0.350 e. The van der Waals surface area contributed by atoms with Gasteiger partial charge in [-0.3, -0.25) is 14.5 Å². The summed E-state index contributed by atoms with van der Waals surface area (Å²) in [5.74, 6) is -2.02. The number of ketones is 1. The number of aliphatic hydroxyl groups excluding tert-OH is 1. The van der Waals surface area contributed by atoms with Crippen molar-refractivity contribution in [2.45, 2.75) is 39.7 Å². The van der Waals surface area contributed by atoms with E-state index in [2.05, 4.69) is 4.98 Å². The van der Waals surface area contributed by atoms with Gasteiger partial charge in [-0.05, 0) is 43.0 Å². The van der Waals surface area contributed by atoms with Gasteiger partial charge in [-0.15, -0.1) is 0 Å². The Kier molecular flexibility index (Phi) is 7.73. The van der Waals surface area contributed by atoms with Crippen LogP contribution in [0.1, 0.15) is 58.4 Å². The van der Waals surface area contributed by atoms with Gasteiger partial charge in [-0.2, -0.15) is 0 Å². The van der Waals surface area contributed by atoms with Crippen LogP contribution in [0.15, 0.2) is 54.1 Å². The van der Waals surface area contributed by atoms with Crippen LogP contribution in [0.3, 0.4) is 0 Å². The Bertz CT molecular complexity index is 1380. The van der Waals surface area contributed by atoms with Crippen LogP contribution in [-0.2, 0) is 20.7 Å². The number of Topliss-reactive ketones (excluding diaryl/α,β-unsaturated/α-hetero) is 1. The Morgan fingerprint density at radius 1 is 1.14 bits per heavy atom. The van der Waals surface area contributed by atoms with E-state index in [1.54, 1.807) is 31.2 Å². The van der Waals surface area contributed by atoms with Crippen molar-refractivity contribution in [2.24, 2.45) is 0 Å². The van der Waals surface area contributed by atoms with E-state index in [4.69, 9.17) is 9.47 Å². The van der Waals surface area contributed by atoms with Crippen LogP contribution in [0.4, 0.5) is 5.13 Å². The highest BCUT2D eigenvalue weighted by atomic mass is 32.1. The highest BCUT2D eigenvalue weighted by Gasteiger charge is 2.48. The summed E-state index contributed by atoms with van der Waals surface area (Å²) in [5, 5.41) is 11.5. The standard InChI is InChI=1S/C28H28N2O6S/c1-5-14-36-20-9-7-8-19(15-20)23(31)21-22(18-12-10-17(6-2)11-13-18)30(26(33)24(21)32)28-29-16(3)25(37-28)27(34)35-4/h7-13,15,22,31H,5-6,14H2,1-4H3/b23-21+. The summed E-state index contributed by atoms with van der Waals surface area (Å²) in [5.41, 5.74) is 2.39. The van der Waals surface area contributed by atoms with Crippen LogP contribution >= 0.6 is 11.3 Å². The fourth-order valence-corrected chi connectivity index (χ4v) is 5.17. The second-order valence-corrected chi connectivity index (χ2v) is 9.52. The van der Waals surface area contributed by atoms with Gasteiger partial charge in [0.25, 0.3) is 5.78 Å². The number of thiazole rings is 1. The predicted octanol–water partition coefficient (Wildman–Crippen LogP) is 5.22. The molecule has 1 amide bonds. The van der Waals surface area contributed by atoms with Crippen LogP contribution in [0.25, 0.3) is 5.76 Å². The Labute approximate surface area is 219 Å². The van der Waals surface area contributed by atoms with Gasteiger partial charge in [0.1, 0.15) is 16.4 Å². The van der Waals surface area contributed by atoms with Gasteiger partial charge in [0.05, 0.1) is 31.0 Å². The number of anilines is 1. The summed E-state index contributed by atoms with van der Waals surface area (Å²) in [6.45, 7) is 6.16. The molecule has 0 radical (unpaired) electrons. The van der Waals surface area contributed by atoms with Crippen molar-refractivity contribution >= 4 is 39.9 Å². The molecule has 1 aliphatic rings. The molecule has 1 aliphatic heterocycles. The summed E-state index contributed by atoms with van der Waals surface area (Å²) in [6, 6.07) is 13.3. The minimum Gasteiger partial charge on any atom is -0.507 e. The van der Waals surface area contributed by atoms with Crippen LogP contribution in [-0.4, -0.2) is 41.5 Å². The molecule has 3 aromatic rings. The Morgan fingerprint density at radius 3 is 2.51 bits per heavy atom. The average Bonchev–Trinajstić information content (AvgIpc) is 3.43. The topological polar surface area (TPSA) is 106 Å². The molecular weight excluding hydrogens is 492 g/mol. The second kappa shape index (κ2) is 11.0. The third-order valence-electron chi connectivity index (χ3n) is 6.09. The minimum atomic E-state index is -0.942. The van der Waals surface area contributed by atoms with Gasteiger partial charge in [-0.1, -0.05) is 61.6 Å². The summed E-state index contributed by atoms with van der Waals surface area (Å²) in [4.78, 5) is 44.9. The first-order valence-electron chi connectivity index (χ1n) is 12.0. The van der Waals surface area contributed by atoms with Crippen LogP contribution in [0.2, 0.25) is 0 Å². The molecule has 37 heavy (non-hydrogen) atoms. The van der Waals surface area contributed by atoms with Crippen LogP contribution < -0.4 is 9.64 Å². The number of hydrogen-bond acceptors (Lipinski definition) is 8. The van der Waals surface area contributed by atoms with E-state index in [0.29, 0.717) is 29.2 Å². The van der Waals surface area contributed by atoms with Crippen molar-refractivity contribution in [2.75, 3.05) is 18.6 Å². The molecule has 1 unspecified atom stereocenters. The lowest BCUT2D eigenvalue weighted by Crippen LogP contribution is -2.29. The maximum absolute atomic E-state index is 13.4. The van der Waals surface area contributed by atoms with E-state index in [-0.39, 0.29) is 21.3 Å². The van der Waals surface area contributed by atoms with Gasteiger partial charge in [0.2, 0.25) is 0 Å². The summed E-state index contributed by atoms with van der Waals surface area (Å²) < 4.78 is 10.5. The first-order chi connectivity index (χ1) is 17.8. The molecule has 2 aromatic carbocycles. The van der Waals surface area contributed by atoms with Crippen molar-refractivity contribution in [1.29, 1.82) is 0 Å². The first-order valence-corrected chi connectivity index (χ1v) is 12.8. The highest BCUT2D eigenvalue weighted by molar-refractivity contribution is 7.17. The zero-order valence-corrected chi connectivity index (χ0v) is 21.9. The SMILES string of the molecule is CCCOc1cccc(/C(O)=C2\C(=O)C(=O)N(c3nc(C)c(C(=O)OC)s3)C2c2ccc(CC)cc2)c1. The number of aryl methyl sites for hydroxylation is 2. The number of benzene rings is 2. The quantitative estimate of drug-likeness (QED) is 0.188.